The van der Waals surface area contributed by atoms with Crippen LogP contribution in [0.5, 0.6) is 0 Å². The van der Waals surface area contributed by atoms with Crippen LogP contribution in [-0.2, 0) is 10.0 Å². The number of hydrogen-bond donors (Lipinski definition) is 0. The highest BCUT2D eigenvalue weighted by molar-refractivity contribution is 7.89. The Morgan fingerprint density at radius 2 is 2.16 bits per heavy atom. The Morgan fingerprint density at radius 1 is 1.42 bits per heavy atom. The Labute approximate surface area is 118 Å². The van der Waals surface area contributed by atoms with Crippen LogP contribution in [0.1, 0.15) is 18.9 Å². The van der Waals surface area contributed by atoms with Crippen LogP contribution in [0.25, 0.3) is 0 Å². The van der Waals surface area contributed by atoms with Gasteiger partial charge >= 0.3 is 0 Å². The van der Waals surface area contributed by atoms with Gasteiger partial charge in [0.2, 0.25) is 10.0 Å². The van der Waals surface area contributed by atoms with Crippen molar-refractivity contribution in [1.82, 2.24) is 4.31 Å². The van der Waals surface area contributed by atoms with E-state index in [1.54, 1.807) is 0 Å². The minimum atomic E-state index is -3.59. The van der Waals surface area contributed by atoms with Gasteiger partial charge in [-0.3, -0.25) is 0 Å². The third-order valence-corrected chi connectivity index (χ3v) is 5.43. The fourth-order valence-corrected chi connectivity index (χ4v) is 3.79. The Bertz CT molecular complexity index is 674. The van der Waals surface area contributed by atoms with E-state index in [9.17, 15) is 8.42 Å². The average molecular weight is 297 g/mol. The zero-order chi connectivity index (χ0) is 14.0. The minimum absolute atomic E-state index is 0.0566. The summed E-state index contributed by atoms with van der Waals surface area (Å²) in [5.74, 6) is 0. The molecule has 19 heavy (non-hydrogen) atoms. The predicted molar refractivity (Wildman–Crippen MR) is 73.3 cm³/mol. The molecule has 1 aliphatic heterocycles. The number of nitriles is 1. The second-order valence-electron chi connectivity index (χ2n) is 4.42. The quantitative estimate of drug-likeness (QED) is 0.788. The molecule has 0 atom stereocenters. The smallest absolute Gasteiger partial charge is 0.207 e. The van der Waals surface area contributed by atoms with E-state index in [4.69, 9.17) is 16.9 Å². The lowest BCUT2D eigenvalue weighted by Crippen LogP contribution is -2.34. The molecule has 0 fully saturated rings. The van der Waals surface area contributed by atoms with Crippen molar-refractivity contribution >= 4 is 21.6 Å². The molecule has 0 saturated heterocycles. The van der Waals surface area contributed by atoms with Gasteiger partial charge < -0.3 is 0 Å². The largest absolute Gasteiger partial charge is 0.244 e. The molecule has 1 heterocycles. The summed E-state index contributed by atoms with van der Waals surface area (Å²) < 4.78 is 26.3. The van der Waals surface area contributed by atoms with Crippen LogP contribution in [0.3, 0.4) is 0 Å². The first-order valence-corrected chi connectivity index (χ1v) is 7.62. The van der Waals surface area contributed by atoms with Gasteiger partial charge in [0.15, 0.2) is 0 Å². The lowest BCUT2D eigenvalue weighted by molar-refractivity contribution is 0.431. The molecule has 1 aliphatic rings. The van der Waals surface area contributed by atoms with Crippen LogP contribution >= 0.6 is 11.6 Å². The van der Waals surface area contributed by atoms with E-state index in [1.807, 2.05) is 19.1 Å². The molecule has 1 aromatic carbocycles. The molecular weight excluding hydrogens is 284 g/mol. The summed E-state index contributed by atoms with van der Waals surface area (Å²) in [7, 11) is -3.59. The third-order valence-electron chi connectivity index (χ3n) is 3.08. The van der Waals surface area contributed by atoms with Crippen molar-refractivity contribution in [3.8, 4) is 6.07 Å². The van der Waals surface area contributed by atoms with Crippen LogP contribution in [0.2, 0.25) is 5.02 Å². The molecule has 0 N–H and O–H groups in total. The summed E-state index contributed by atoms with van der Waals surface area (Å²) in [5.41, 5.74) is 1.54. The molecule has 0 aliphatic carbocycles. The van der Waals surface area contributed by atoms with Crippen molar-refractivity contribution in [2.24, 2.45) is 0 Å². The first-order chi connectivity index (χ1) is 8.95. The SMILES string of the molecule is CC1=CCN(S(=O)(=O)c2ccc(C#N)cc2Cl)CC1. The molecule has 0 aromatic heterocycles. The zero-order valence-electron chi connectivity index (χ0n) is 10.4. The topological polar surface area (TPSA) is 61.2 Å². The number of hydrogen-bond acceptors (Lipinski definition) is 3. The second kappa shape index (κ2) is 5.33. The van der Waals surface area contributed by atoms with Gasteiger partial charge in [-0.2, -0.15) is 9.57 Å². The molecule has 2 rings (SSSR count). The van der Waals surface area contributed by atoms with E-state index in [1.165, 1.54) is 28.1 Å². The fourth-order valence-electron chi connectivity index (χ4n) is 1.89. The molecule has 0 bridgehead atoms. The monoisotopic (exact) mass is 296 g/mol. The summed E-state index contributed by atoms with van der Waals surface area (Å²) >= 11 is 5.97. The van der Waals surface area contributed by atoms with Crippen molar-refractivity contribution in [3.05, 3.63) is 40.4 Å². The average Bonchev–Trinajstić information content (AvgIpc) is 2.38. The summed E-state index contributed by atoms with van der Waals surface area (Å²) in [6, 6.07) is 6.16. The van der Waals surface area contributed by atoms with Crippen LogP contribution < -0.4 is 0 Å². The fraction of sp³-hybridized carbons (Fsp3) is 0.308. The van der Waals surface area contributed by atoms with Crippen molar-refractivity contribution < 1.29 is 8.42 Å². The molecule has 6 heteroatoms. The van der Waals surface area contributed by atoms with Gasteiger partial charge in [0.05, 0.1) is 16.7 Å². The second-order valence-corrected chi connectivity index (χ2v) is 6.73. The van der Waals surface area contributed by atoms with Crippen LogP contribution in [0.15, 0.2) is 34.7 Å². The van der Waals surface area contributed by atoms with E-state index >= 15 is 0 Å². The van der Waals surface area contributed by atoms with Crippen molar-refractivity contribution in [2.75, 3.05) is 13.1 Å². The first-order valence-electron chi connectivity index (χ1n) is 5.80. The Morgan fingerprint density at radius 3 is 2.68 bits per heavy atom. The summed E-state index contributed by atoms with van der Waals surface area (Å²) in [6.45, 7) is 2.81. The van der Waals surface area contributed by atoms with Gasteiger partial charge in [-0.1, -0.05) is 23.3 Å². The number of sulfonamides is 1. The van der Waals surface area contributed by atoms with Crippen LogP contribution in [-0.4, -0.2) is 25.8 Å². The van der Waals surface area contributed by atoms with Gasteiger partial charge in [-0.25, -0.2) is 8.42 Å². The van der Waals surface area contributed by atoms with Gasteiger partial charge in [-0.05, 0) is 31.5 Å². The maximum Gasteiger partial charge on any atom is 0.244 e. The van der Waals surface area contributed by atoms with E-state index in [2.05, 4.69) is 0 Å². The normalized spacial score (nSPS) is 16.8. The number of rotatable bonds is 2. The van der Waals surface area contributed by atoms with Crippen molar-refractivity contribution in [1.29, 1.82) is 5.26 Å². The molecule has 4 nitrogen and oxygen atoms in total. The standard InChI is InChI=1S/C13H13ClN2O2S/c1-10-4-6-16(7-5-10)19(17,18)13-3-2-11(9-15)8-12(13)14/h2-4,8H,5-7H2,1H3. The first kappa shape index (κ1) is 14.1. The Balaban J connectivity index is 2.38. The van der Waals surface area contributed by atoms with E-state index in [0.717, 1.165) is 6.42 Å². The number of benzene rings is 1. The lowest BCUT2D eigenvalue weighted by Gasteiger charge is -2.25. The highest BCUT2D eigenvalue weighted by Crippen LogP contribution is 2.27. The predicted octanol–water partition coefficient (Wildman–Crippen LogP) is 2.55. The molecule has 0 unspecified atom stereocenters. The maximum atomic E-state index is 12.4. The zero-order valence-corrected chi connectivity index (χ0v) is 12.0. The molecule has 100 valence electrons. The van der Waals surface area contributed by atoms with Gasteiger partial charge in [0, 0.05) is 13.1 Å². The highest BCUT2D eigenvalue weighted by Gasteiger charge is 2.27. The lowest BCUT2D eigenvalue weighted by atomic mass is 10.1. The molecule has 1 aromatic rings. The van der Waals surface area contributed by atoms with Crippen LogP contribution in [0.4, 0.5) is 0 Å². The summed E-state index contributed by atoms with van der Waals surface area (Å²) in [5, 5.41) is 8.85. The molecule has 0 amide bonds. The van der Waals surface area contributed by atoms with Gasteiger partial charge in [0.25, 0.3) is 0 Å². The third kappa shape index (κ3) is 2.81. The minimum Gasteiger partial charge on any atom is -0.207 e. The van der Waals surface area contributed by atoms with Crippen LogP contribution in [0, 0.1) is 11.3 Å². The van der Waals surface area contributed by atoms with Gasteiger partial charge in [-0.15, -0.1) is 0 Å². The maximum absolute atomic E-state index is 12.4. The van der Waals surface area contributed by atoms with E-state index < -0.39 is 10.0 Å². The van der Waals surface area contributed by atoms with E-state index in [-0.39, 0.29) is 9.92 Å². The Kier molecular flexibility index (Phi) is 3.95. The summed E-state index contributed by atoms with van der Waals surface area (Å²) in [4.78, 5) is 0.0566. The van der Waals surface area contributed by atoms with Crippen molar-refractivity contribution in [3.63, 3.8) is 0 Å². The number of halogens is 1. The van der Waals surface area contributed by atoms with E-state index in [0.29, 0.717) is 18.7 Å². The molecular formula is C13H13ClN2O2S. The highest BCUT2D eigenvalue weighted by atomic mass is 35.5. The molecule has 0 saturated carbocycles. The molecule has 0 radical (unpaired) electrons. The summed E-state index contributed by atoms with van der Waals surface area (Å²) in [6.07, 6.45) is 2.63. The van der Waals surface area contributed by atoms with Gasteiger partial charge in [0.1, 0.15) is 4.90 Å². The number of nitrogens with zero attached hydrogens (tertiary/aromatic N) is 2. The molecule has 0 spiro atoms. The Hall–Kier alpha value is -1.35. The van der Waals surface area contributed by atoms with Crippen molar-refractivity contribution in [2.45, 2.75) is 18.2 Å².